The highest BCUT2D eigenvalue weighted by atomic mass is 32.2. The molecule has 8 heteroatoms. The van der Waals surface area contributed by atoms with E-state index >= 15 is 0 Å². The van der Waals surface area contributed by atoms with Crippen molar-refractivity contribution in [1.82, 2.24) is 10.3 Å². The van der Waals surface area contributed by atoms with Gasteiger partial charge < -0.3 is 15.1 Å². The van der Waals surface area contributed by atoms with Crippen LogP contribution < -0.4 is 10.6 Å². The molecule has 0 fully saturated rings. The average molecular weight is 474 g/mol. The van der Waals surface area contributed by atoms with Gasteiger partial charge in [0.05, 0.1) is 28.8 Å². The molecule has 2 N–H and O–H groups in total. The summed E-state index contributed by atoms with van der Waals surface area (Å²) in [6.45, 7) is 0.367. The van der Waals surface area contributed by atoms with Gasteiger partial charge in [0.15, 0.2) is 4.34 Å². The topological polar surface area (TPSA) is 84.2 Å². The zero-order valence-corrected chi connectivity index (χ0v) is 19.0. The van der Waals surface area contributed by atoms with Gasteiger partial charge in [-0.1, -0.05) is 48.2 Å². The molecule has 0 unspecified atom stereocenters. The number of thioether (sulfide) groups is 1. The predicted molar refractivity (Wildman–Crippen MR) is 133 cm³/mol. The number of carbonyl (C=O) groups excluding carboxylic acids is 2. The summed E-state index contributed by atoms with van der Waals surface area (Å²) in [6, 6.07) is 22.8. The van der Waals surface area contributed by atoms with Gasteiger partial charge in [-0.3, -0.25) is 9.59 Å². The van der Waals surface area contributed by atoms with Crippen molar-refractivity contribution in [2.75, 3.05) is 11.1 Å². The first-order chi connectivity index (χ1) is 16.2. The monoisotopic (exact) mass is 473 g/mol. The molecule has 0 saturated carbocycles. The van der Waals surface area contributed by atoms with Gasteiger partial charge in [0, 0.05) is 11.3 Å². The smallest absolute Gasteiger partial charge is 0.256 e. The van der Waals surface area contributed by atoms with E-state index < -0.39 is 0 Å². The number of furan rings is 1. The molecule has 0 radical (unpaired) electrons. The van der Waals surface area contributed by atoms with Crippen LogP contribution in [0.15, 0.2) is 87.8 Å². The maximum atomic E-state index is 12.9. The van der Waals surface area contributed by atoms with Gasteiger partial charge in [0.2, 0.25) is 5.91 Å². The molecule has 2 amide bonds. The highest BCUT2D eigenvalue weighted by Crippen LogP contribution is 2.31. The van der Waals surface area contributed by atoms with Crippen molar-refractivity contribution >= 4 is 61.6 Å². The van der Waals surface area contributed by atoms with Crippen molar-refractivity contribution in [3.8, 4) is 0 Å². The number of thiazole rings is 1. The van der Waals surface area contributed by atoms with E-state index in [4.69, 9.17) is 4.42 Å². The minimum atomic E-state index is -0.154. The van der Waals surface area contributed by atoms with E-state index in [1.54, 1.807) is 12.3 Å². The van der Waals surface area contributed by atoms with Crippen molar-refractivity contribution in [1.29, 1.82) is 0 Å². The molecule has 6 nitrogen and oxygen atoms in total. The first-order valence-electron chi connectivity index (χ1n) is 10.3. The second-order valence-corrected chi connectivity index (χ2v) is 9.54. The third kappa shape index (κ3) is 4.92. The standard InChI is InChI=1S/C25H19N3O3S2/c29-23(26-14-18-7-4-12-31-18)15-32-25-28-21-11-10-17(13-22(21)33-25)27-24(30)20-9-3-6-16-5-1-2-8-19(16)20/h1-13H,14-15H2,(H,26,29)(H,27,30). The summed E-state index contributed by atoms with van der Waals surface area (Å²) in [5.74, 6) is 0.745. The van der Waals surface area contributed by atoms with Crippen LogP contribution in [-0.2, 0) is 11.3 Å². The number of benzene rings is 3. The zero-order chi connectivity index (χ0) is 22.6. The van der Waals surface area contributed by atoms with Crippen LogP contribution in [0.4, 0.5) is 5.69 Å². The van der Waals surface area contributed by atoms with Gasteiger partial charge in [0.25, 0.3) is 5.91 Å². The Balaban J connectivity index is 1.24. The molecular weight excluding hydrogens is 454 g/mol. The Hall–Kier alpha value is -3.62. The number of rotatable bonds is 7. The summed E-state index contributed by atoms with van der Waals surface area (Å²) < 4.78 is 6.96. The number of carbonyl (C=O) groups is 2. The van der Waals surface area contributed by atoms with Gasteiger partial charge in [-0.2, -0.15) is 0 Å². The number of amides is 2. The van der Waals surface area contributed by atoms with Crippen LogP contribution in [0.1, 0.15) is 16.1 Å². The summed E-state index contributed by atoms with van der Waals surface area (Å²) in [7, 11) is 0. The molecule has 0 aliphatic carbocycles. The number of nitrogens with zero attached hydrogens (tertiary/aromatic N) is 1. The number of fused-ring (bicyclic) bond motifs is 2. The fourth-order valence-corrected chi connectivity index (χ4v) is 5.38. The Morgan fingerprint density at radius 2 is 1.88 bits per heavy atom. The SMILES string of the molecule is O=C(CSc1nc2ccc(NC(=O)c3cccc4ccccc34)cc2s1)NCc1ccco1. The van der Waals surface area contributed by atoms with Crippen LogP contribution in [0.2, 0.25) is 0 Å². The quantitative estimate of drug-likeness (QED) is 0.296. The Morgan fingerprint density at radius 1 is 1.00 bits per heavy atom. The van der Waals surface area contributed by atoms with Gasteiger partial charge in [-0.15, -0.1) is 11.3 Å². The van der Waals surface area contributed by atoms with Gasteiger partial charge in [0.1, 0.15) is 5.76 Å². The Morgan fingerprint density at radius 3 is 2.76 bits per heavy atom. The minimum absolute atomic E-state index is 0.0845. The summed E-state index contributed by atoms with van der Waals surface area (Å²) in [4.78, 5) is 29.6. The molecule has 3 aromatic carbocycles. The lowest BCUT2D eigenvalue weighted by molar-refractivity contribution is -0.118. The Kier molecular flexibility index (Phi) is 6.10. The van der Waals surface area contributed by atoms with Crippen molar-refractivity contribution in [2.24, 2.45) is 0 Å². The lowest BCUT2D eigenvalue weighted by Crippen LogP contribution is -2.24. The number of nitrogens with one attached hydrogen (secondary N) is 2. The maximum absolute atomic E-state index is 12.9. The first-order valence-corrected chi connectivity index (χ1v) is 12.1. The lowest BCUT2D eigenvalue weighted by Gasteiger charge is -2.08. The van der Waals surface area contributed by atoms with Gasteiger partial charge in [-0.05, 0) is 47.2 Å². The van der Waals surface area contributed by atoms with Gasteiger partial charge >= 0.3 is 0 Å². The minimum Gasteiger partial charge on any atom is -0.467 e. The van der Waals surface area contributed by atoms with E-state index in [1.165, 1.54) is 23.1 Å². The second-order valence-electron chi connectivity index (χ2n) is 7.29. The fourth-order valence-electron chi connectivity index (χ4n) is 3.44. The number of anilines is 1. The number of hydrogen-bond acceptors (Lipinski definition) is 6. The summed E-state index contributed by atoms with van der Waals surface area (Å²) in [6.07, 6.45) is 1.58. The van der Waals surface area contributed by atoms with Crippen LogP contribution in [0.25, 0.3) is 21.0 Å². The first kappa shape index (κ1) is 21.2. The lowest BCUT2D eigenvalue weighted by atomic mass is 10.0. The third-order valence-corrected chi connectivity index (χ3v) is 7.19. The van der Waals surface area contributed by atoms with Crippen molar-refractivity contribution in [3.63, 3.8) is 0 Å². The largest absolute Gasteiger partial charge is 0.467 e. The zero-order valence-electron chi connectivity index (χ0n) is 17.4. The van der Waals surface area contributed by atoms with Crippen LogP contribution in [0.5, 0.6) is 0 Å². The van der Waals surface area contributed by atoms with Crippen molar-refractivity contribution < 1.29 is 14.0 Å². The van der Waals surface area contributed by atoms with E-state index in [-0.39, 0.29) is 17.6 Å². The van der Waals surface area contributed by atoms with Crippen LogP contribution in [-0.4, -0.2) is 22.6 Å². The molecule has 0 atom stereocenters. The van der Waals surface area contributed by atoms with E-state index in [0.29, 0.717) is 23.6 Å². The molecule has 164 valence electrons. The predicted octanol–water partition coefficient (Wildman–Crippen LogP) is 5.70. The molecule has 33 heavy (non-hydrogen) atoms. The molecule has 5 aromatic rings. The third-order valence-electron chi connectivity index (χ3n) is 5.03. The average Bonchev–Trinajstić information content (AvgIpc) is 3.50. The molecular formula is C25H19N3O3S2. The molecule has 5 rings (SSSR count). The van der Waals surface area contributed by atoms with Crippen molar-refractivity contribution in [2.45, 2.75) is 10.9 Å². The highest BCUT2D eigenvalue weighted by Gasteiger charge is 2.12. The fraction of sp³-hybridized carbons (Fsp3) is 0.0800. The van der Waals surface area contributed by atoms with E-state index in [1.807, 2.05) is 66.7 Å². The molecule has 0 saturated heterocycles. The maximum Gasteiger partial charge on any atom is 0.256 e. The summed E-state index contributed by atoms with van der Waals surface area (Å²) in [5, 5.41) is 7.76. The van der Waals surface area contributed by atoms with E-state index in [0.717, 1.165) is 25.3 Å². The molecule has 2 aromatic heterocycles. The molecule has 0 bridgehead atoms. The molecule has 0 aliphatic rings. The normalized spacial score (nSPS) is 11.0. The summed E-state index contributed by atoms with van der Waals surface area (Å²) >= 11 is 2.88. The summed E-state index contributed by atoms with van der Waals surface area (Å²) in [5.41, 5.74) is 2.17. The second kappa shape index (κ2) is 9.48. The van der Waals surface area contributed by atoms with Crippen LogP contribution >= 0.6 is 23.1 Å². The Labute approximate surface area is 198 Å². The highest BCUT2D eigenvalue weighted by molar-refractivity contribution is 8.01. The molecule has 0 spiro atoms. The van der Waals surface area contributed by atoms with Gasteiger partial charge in [-0.25, -0.2) is 4.98 Å². The number of hydrogen-bond donors (Lipinski definition) is 2. The van der Waals surface area contributed by atoms with E-state index in [9.17, 15) is 9.59 Å². The Bertz CT molecular complexity index is 1440. The van der Waals surface area contributed by atoms with Crippen LogP contribution in [0, 0.1) is 0 Å². The number of aromatic nitrogens is 1. The van der Waals surface area contributed by atoms with Crippen LogP contribution in [0.3, 0.4) is 0 Å². The van der Waals surface area contributed by atoms with Crippen molar-refractivity contribution in [3.05, 3.63) is 90.4 Å². The molecule has 0 aliphatic heterocycles. The van der Waals surface area contributed by atoms with E-state index in [2.05, 4.69) is 15.6 Å². The molecule has 2 heterocycles.